The Morgan fingerprint density at radius 1 is 0.909 bits per heavy atom. The maximum atomic E-state index is 6.10. The monoisotopic (exact) mass is 291 g/mol. The first-order valence-electron chi connectivity index (χ1n) is 7.61. The Balaban J connectivity index is 1.99. The summed E-state index contributed by atoms with van der Waals surface area (Å²) in [5, 5.41) is 1.06. The standard InChI is InChI=1S/C20H21NO/c1-20(2,3)19-13-18(16-11-7-8-12-17(16)21-19)22-14-15-9-5-4-6-10-15/h4-13H,14H2,1-3H3. The molecular formula is C20H21NO. The lowest BCUT2D eigenvalue weighted by Gasteiger charge is -2.20. The summed E-state index contributed by atoms with van der Waals surface area (Å²) < 4.78 is 6.10. The molecule has 1 aromatic heterocycles. The van der Waals surface area contributed by atoms with Gasteiger partial charge in [-0.2, -0.15) is 0 Å². The second-order valence-corrected chi connectivity index (χ2v) is 6.55. The second kappa shape index (κ2) is 5.80. The zero-order valence-corrected chi connectivity index (χ0v) is 13.3. The van der Waals surface area contributed by atoms with Crippen LogP contribution in [0.3, 0.4) is 0 Å². The van der Waals surface area contributed by atoms with Gasteiger partial charge in [-0.15, -0.1) is 0 Å². The van der Waals surface area contributed by atoms with Crippen LogP contribution >= 0.6 is 0 Å². The van der Waals surface area contributed by atoms with Gasteiger partial charge in [0.05, 0.1) is 11.2 Å². The molecule has 112 valence electrons. The minimum Gasteiger partial charge on any atom is -0.488 e. The molecule has 0 aliphatic rings. The maximum Gasteiger partial charge on any atom is 0.131 e. The molecule has 0 radical (unpaired) electrons. The highest BCUT2D eigenvalue weighted by Gasteiger charge is 2.18. The van der Waals surface area contributed by atoms with E-state index in [0.717, 1.165) is 22.3 Å². The molecule has 0 N–H and O–H groups in total. The van der Waals surface area contributed by atoms with Crippen molar-refractivity contribution in [3.05, 3.63) is 71.9 Å². The van der Waals surface area contributed by atoms with Crippen molar-refractivity contribution in [2.24, 2.45) is 0 Å². The average molecular weight is 291 g/mol. The van der Waals surface area contributed by atoms with Gasteiger partial charge >= 0.3 is 0 Å². The van der Waals surface area contributed by atoms with Crippen molar-refractivity contribution in [1.29, 1.82) is 0 Å². The second-order valence-electron chi connectivity index (χ2n) is 6.55. The van der Waals surface area contributed by atoms with Gasteiger partial charge in [0.1, 0.15) is 12.4 Å². The van der Waals surface area contributed by atoms with Crippen LogP contribution in [0.25, 0.3) is 10.9 Å². The third-order valence-electron chi connectivity index (χ3n) is 3.68. The molecule has 1 heterocycles. The van der Waals surface area contributed by atoms with Crippen LogP contribution in [0.1, 0.15) is 32.0 Å². The van der Waals surface area contributed by atoms with Crippen molar-refractivity contribution in [1.82, 2.24) is 4.98 Å². The summed E-state index contributed by atoms with van der Waals surface area (Å²) >= 11 is 0. The van der Waals surface area contributed by atoms with Gasteiger partial charge < -0.3 is 4.74 Å². The number of hydrogen-bond acceptors (Lipinski definition) is 2. The normalized spacial score (nSPS) is 11.6. The third-order valence-corrected chi connectivity index (χ3v) is 3.68. The number of rotatable bonds is 3. The number of nitrogens with zero attached hydrogens (tertiary/aromatic N) is 1. The number of pyridine rings is 1. The fraction of sp³-hybridized carbons (Fsp3) is 0.250. The Morgan fingerprint density at radius 3 is 2.32 bits per heavy atom. The maximum absolute atomic E-state index is 6.10. The van der Waals surface area contributed by atoms with E-state index in [9.17, 15) is 0 Å². The van der Waals surface area contributed by atoms with Crippen LogP contribution in [-0.2, 0) is 12.0 Å². The molecule has 3 aromatic rings. The molecule has 22 heavy (non-hydrogen) atoms. The van der Waals surface area contributed by atoms with Gasteiger partial charge in [-0.25, -0.2) is 0 Å². The summed E-state index contributed by atoms with van der Waals surface area (Å²) in [5.41, 5.74) is 3.20. The van der Waals surface area contributed by atoms with E-state index in [4.69, 9.17) is 9.72 Å². The van der Waals surface area contributed by atoms with Crippen LogP contribution in [0.5, 0.6) is 5.75 Å². The summed E-state index contributed by atoms with van der Waals surface area (Å²) in [4.78, 5) is 4.78. The van der Waals surface area contributed by atoms with Crippen molar-refractivity contribution in [3.63, 3.8) is 0 Å². The van der Waals surface area contributed by atoms with Crippen LogP contribution in [0.2, 0.25) is 0 Å². The van der Waals surface area contributed by atoms with Crippen molar-refractivity contribution in [2.45, 2.75) is 32.8 Å². The van der Waals surface area contributed by atoms with Crippen LogP contribution in [0.4, 0.5) is 0 Å². The van der Waals surface area contributed by atoms with E-state index < -0.39 is 0 Å². The Labute approximate surface area is 131 Å². The SMILES string of the molecule is CC(C)(C)c1cc(OCc2ccccc2)c2ccccc2n1. The first-order valence-corrected chi connectivity index (χ1v) is 7.61. The fourth-order valence-electron chi connectivity index (χ4n) is 2.38. The largest absolute Gasteiger partial charge is 0.488 e. The van der Waals surface area contributed by atoms with Gasteiger partial charge in [0.15, 0.2) is 0 Å². The topological polar surface area (TPSA) is 22.1 Å². The van der Waals surface area contributed by atoms with Gasteiger partial charge in [0.25, 0.3) is 0 Å². The number of fused-ring (bicyclic) bond motifs is 1. The van der Waals surface area contributed by atoms with E-state index in [1.807, 2.05) is 36.4 Å². The third kappa shape index (κ3) is 3.11. The van der Waals surface area contributed by atoms with Crippen molar-refractivity contribution < 1.29 is 4.74 Å². The molecule has 0 saturated heterocycles. The van der Waals surface area contributed by atoms with E-state index in [2.05, 4.69) is 45.0 Å². The lowest BCUT2D eigenvalue weighted by atomic mass is 9.91. The first kappa shape index (κ1) is 14.6. The van der Waals surface area contributed by atoms with E-state index in [0.29, 0.717) is 6.61 Å². The molecule has 2 nitrogen and oxygen atoms in total. The molecular weight excluding hydrogens is 270 g/mol. The van der Waals surface area contributed by atoms with Gasteiger partial charge in [-0.05, 0) is 17.7 Å². The van der Waals surface area contributed by atoms with Crippen molar-refractivity contribution in [3.8, 4) is 5.75 Å². The molecule has 0 fully saturated rings. The lowest BCUT2D eigenvalue weighted by Crippen LogP contribution is -2.14. The highest BCUT2D eigenvalue weighted by Crippen LogP contribution is 2.31. The van der Waals surface area contributed by atoms with Crippen LogP contribution in [0.15, 0.2) is 60.7 Å². The molecule has 0 saturated carbocycles. The molecule has 0 aliphatic carbocycles. The Kier molecular flexibility index (Phi) is 3.84. The molecule has 2 aromatic carbocycles. The summed E-state index contributed by atoms with van der Waals surface area (Å²) in [6.45, 7) is 7.08. The van der Waals surface area contributed by atoms with Gasteiger partial charge in [-0.3, -0.25) is 4.98 Å². The molecule has 2 heteroatoms. The number of para-hydroxylation sites is 1. The quantitative estimate of drug-likeness (QED) is 0.669. The van der Waals surface area contributed by atoms with Crippen LogP contribution in [0, 0.1) is 0 Å². The van der Waals surface area contributed by atoms with Crippen LogP contribution < -0.4 is 4.74 Å². The van der Waals surface area contributed by atoms with E-state index in [-0.39, 0.29) is 5.41 Å². The van der Waals surface area contributed by atoms with Crippen molar-refractivity contribution in [2.75, 3.05) is 0 Å². The molecule has 0 unspecified atom stereocenters. The summed E-state index contributed by atoms with van der Waals surface area (Å²) in [7, 11) is 0. The van der Waals surface area contributed by atoms with Gasteiger partial charge in [0, 0.05) is 16.9 Å². The van der Waals surface area contributed by atoms with E-state index in [1.165, 1.54) is 5.56 Å². The number of benzene rings is 2. The average Bonchev–Trinajstić information content (AvgIpc) is 2.52. The van der Waals surface area contributed by atoms with Crippen molar-refractivity contribution >= 4 is 10.9 Å². The number of aromatic nitrogens is 1. The zero-order chi connectivity index (χ0) is 15.6. The van der Waals surface area contributed by atoms with Gasteiger partial charge in [-0.1, -0.05) is 63.2 Å². The number of hydrogen-bond donors (Lipinski definition) is 0. The Bertz CT molecular complexity index is 773. The predicted molar refractivity (Wildman–Crippen MR) is 91.2 cm³/mol. The number of ether oxygens (including phenoxy) is 1. The Hall–Kier alpha value is -2.35. The summed E-state index contributed by atoms with van der Waals surface area (Å²) in [5.74, 6) is 0.902. The first-order chi connectivity index (χ1) is 10.5. The molecule has 0 amide bonds. The predicted octanol–water partition coefficient (Wildman–Crippen LogP) is 5.11. The minimum atomic E-state index is -0.00507. The molecule has 0 spiro atoms. The van der Waals surface area contributed by atoms with Crippen LogP contribution in [-0.4, -0.2) is 4.98 Å². The lowest BCUT2D eigenvalue weighted by molar-refractivity contribution is 0.309. The van der Waals surface area contributed by atoms with Gasteiger partial charge in [0.2, 0.25) is 0 Å². The molecule has 0 atom stereocenters. The highest BCUT2D eigenvalue weighted by atomic mass is 16.5. The highest BCUT2D eigenvalue weighted by molar-refractivity contribution is 5.85. The van der Waals surface area contributed by atoms with E-state index >= 15 is 0 Å². The van der Waals surface area contributed by atoms with E-state index in [1.54, 1.807) is 0 Å². The minimum absolute atomic E-state index is 0.00507. The smallest absolute Gasteiger partial charge is 0.131 e. The molecule has 0 aliphatic heterocycles. The summed E-state index contributed by atoms with van der Waals surface area (Å²) in [6.07, 6.45) is 0. The summed E-state index contributed by atoms with van der Waals surface area (Å²) in [6, 6.07) is 20.5. The fourth-order valence-corrected chi connectivity index (χ4v) is 2.38. The molecule has 0 bridgehead atoms. The Morgan fingerprint density at radius 2 is 1.59 bits per heavy atom. The zero-order valence-electron chi connectivity index (χ0n) is 13.3. The molecule has 3 rings (SSSR count).